The number of rotatable bonds is 5. The predicted octanol–water partition coefficient (Wildman–Crippen LogP) is 2.51. The van der Waals surface area contributed by atoms with E-state index >= 15 is 0 Å². The maximum absolute atomic E-state index is 2.34. The fraction of sp³-hybridized carbons (Fsp3) is 0.250. The molecule has 0 aliphatic carbocycles. The van der Waals surface area contributed by atoms with Crippen LogP contribution in [0.5, 0.6) is 0 Å². The molecule has 0 spiro atoms. The van der Waals surface area contributed by atoms with Crippen LogP contribution >= 0.6 is 0 Å². The Kier molecular flexibility index (Phi) is 4.34. The molecule has 0 bridgehead atoms. The first-order chi connectivity index (χ1) is 8.38. The zero-order chi connectivity index (χ0) is 11.9. The van der Waals surface area contributed by atoms with Crippen LogP contribution in [0.15, 0.2) is 54.6 Å². The van der Waals surface area contributed by atoms with Crippen molar-refractivity contribution in [1.82, 2.24) is 0 Å². The second-order valence-electron chi connectivity index (χ2n) is 4.35. The fourth-order valence-electron chi connectivity index (χ4n) is 1.93. The standard InChI is InChI=1S/C16H19N/c1-2-14-8-10-16(11-9-14)13-17-12-15-6-4-3-5-7-15/h3-11,17H,2,12-13H2,1H3/p+1. The van der Waals surface area contributed by atoms with Crippen molar-refractivity contribution in [3.63, 3.8) is 0 Å². The van der Waals surface area contributed by atoms with Gasteiger partial charge in [0, 0.05) is 11.1 Å². The molecule has 1 heteroatoms. The molecule has 0 saturated heterocycles. The number of hydrogen-bond donors (Lipinski definition) is 1. The lowest BCUT2D eigenvalue weighted by molar-refractivity contribution is -0.686. The topological polar surface area (TPSA) is 16.6 Å². The van der Waals surface area contributed by atoms with E-state index in [2.05, 4.69) is 66.8 Å². The number of hydrogen-bond acceptors (Lipinski definition) is 0. The van der Waals surface area contributed by atoms with Crippen LogP contribution in [-0.2, 0) is 19.5 Å². The van der Waals surface area contributed by atoms with E-state index in [1.807, 2.05) is 0 Å². The first-order valence-electron chi connectivity index (χ1n) is 6.32. The molecule has 0 atom stereocenters. The van der Waals surface area contributed by atoms with Crippen LogP contribution in [-0.4, -0.2) is 0 Å². The van der Waals surface area contributed by atoms with Gasteiger partial charge in [-0.15, -0.1) is 0 Å². The summed E-state index contributed by atoms with van der Waals surface area (Å²) in [7, 11) is 0. The maximum Gasteiger partial charge on any atom is 0.101 e. The smallest absolute Gasteiger partial charge is 0.101 e. The summed E-state index contributed by atoms with van der Waals surface area (Å²) < 4.78 is 0. The van der Waals surface area contributed by atoms with Crippen LogP contribution in [0.25, 0.3) is 0 Å². The van der Waals surface area contributed by atoms with Gasteiger partial charge in [-0.2, -0.15) is 0 Å². The van der Waals surface area contributed by atoms with E-state index < -0.39 is 0 Å². The third-order valence-electron chi connectivity index (χ3n) is 3.03. The zero-order valence-corrected chi connectivity index (χ0v) is 10.4. The van der Waals surface area contributed by atoms with Crippen LogP contribution in [0.2, 0.25) is 0 Å². The summed E-state index contributed by atoms with van der Waals surface area (Å²) in [4.78, 5) is 0. The first-order valence-corrected chi connectivity index (χ1v) is 6.32. The highest BCUT2D eigenvalue weighted by atomic mass is 14.8. The molecule has 0 radical (unpaired) electrons. The molecule has 2 aromatic rings. The molecule has 0 aromatic heterocycles. The van der Waals surface area contributed by atoms with Crippen LogP contribution in [0.1, 0.15) is 23.6 Å². The molecule has 0 amide bonds. The van der Waals surface area contributed by atoms with Crippen molar-refractivity contribution in [2.45, 2.75) is 26.4 Å². The molecule has 0 fully saturated rings. The van der Waals surface area contributed by atoms with Crippen molar-refractivity contribution in [2.24, 2.45) is 0 Å². The van der Waals surface area contributed by atoms with Crippen molar-refractivity contribution in [1.29, 1.82) is 0 Å². The maximum atomic E-state index is 2.34. The first kappa shape index (κ1) is 11.9. The molecule has 2 aromatic carbocycles. The minimum Gasteiger partial charge on any atom is -0.339 e. The Bertz CT molecular complexity index is 431. The Hall–Kier alpha value is -1.60. The Morgan fingerprint density at radius 1 is 0.706 bits per heavy atom. The largest absolute Gasteiger partial charge is 0.339 e. The second-order valence-corrected chi connectivity index (χ2v) is 4.35. The van der Waals surface area contributed by atoms with Gasteiger partial charge < -0.3 is 5.32 Å². The summed E-state index contributed by atoms with van der Waals surface area (Å²) in [6.07, 6.45) is 1.12. The molecule has 2 N–H and O–H groups in total. The molecule has 0 saturated carbocycles. The molecule has 0 heterocycles. The molecule has 2 rings (SSSR count). The Morgan fingerprint density at radius 3 is 1.82 bits per heavy atom. The van der Waals surface area contributed by atoms with E-state index in [9.17, 15) is 0 Å². The highest BCUT2D eigenvalue weighted by Crippen LogP contribution is 2.03. The normalized spacial score (nSPS) is 10.4. The van der Waals surface area contributed by atoms with Crippen LogP contribution in [0.4, 0.5) is 0 Å². The molecular formula is C16H20N+. The van der Waals surface area contributed by atoms with Crippen molar-refractivity contribution in [3.8, 4) is 0 Å². The SMILES string of the molecule is CCc1ccc(C[NH2+]Cc2ccccc2)cc1. The van der Waals surface area contributed by atoms with Crippen LogP contribution < -0.4 is 5.32 Å². The minimum atomic E-state index is 1.05. The van der Waals surface area contributed by atoms with Gasteiger partial charge in [-0.25, -0.2) is 0 Å². The Morgan fingerprint density at radius 2 is 1.24 bits per heavy atom. The van der Waals surface area contributed by atoms with E-state index in [1.165, 1.54) is 16.7 Å². The molecule has 88 valence electrons. The van der Waals surface area contributed by atoms with Gasteiger partial charge in [0.25, 0.3) is 0 Å². The van der Waals surface area contributed by atoms with E-state index in [0.717, 1.165) is 19.5 Å². The van der Waals surface area contributed by atoms with E-state index in [-0.39, 0.29) is 0 Å². The van der Waals surface area contributed by atoms with Gasteiger partial charge in [0.15, 0.2) is 0 Å². The summed E-state index contributed by atoms with van der Waals surface area (Å²) in [6.45, 7) is 4.30. The van der Waals surface area contributed by atoms with Crippen molar-refractivity contribution < 1.29 is 5.32 Å². The molecular weight excluding hydrogens is 206 g/mol. The summed E-state index contributed by atoms with van der Waals surface area (Å²) in [6, 6.07) is 19.5. The third-order valence-corrected chi connectivity index (χ3v) is 3.03. The van der Waals surface area contributed by atoms with Gasteiger partial charge in [-0.05, 0) is 12.0 Å². The number of quaternary nitrogens is 1. The van der Waals surface area contributed by atoms with Gasteiger partial charge in [0.2, 0.25) is 0 Å². The Labute approximate surface area is 103 Å². The number of nitrogens with two attached hydrogens (primary N) is 1. The van der Waals surface area contributed by atoms with E-state index in [4.69, 9.17) is 0 Å². The Balaban J connectivity index is 1.82. The van der Waals surface area contributed by atoms with Gasteiger partial charge >= 0.3 is 0 Å². The number of aryl methyl sites for hydroxylation is 1. The molecule has 0 aliphatic rings. The van der Waals surface area contributed by atoms with Crippen molar-refractivity contribution >= 4 is 0 Å². The lowest BCUT2D eigenvalue weighted by Gasteiger charge is -2.03. The summed E-state index contributed by atoms with van der Waals surface area (Å²) in [5, 5.41) is 2.34. The number of benzene rings is 2. The zero-order valence-electron chi connectivity index (χ0n) is 10.4. The summed E-state index contributed by atoms with van der Waals surface area (Å²) in [5.74, 6) is 0. The third kappa shape index (κ3) is 3.72. The fourth-order valence-corrected chi connectivity index (χ4v) is 1.93. The predicted molar refractivity (Wildman–Crippen MR) is 71.6 cm³/mol. The van der Waals surface area contributed by atoms with Gasteiger partial charge in [0.05, 0.1) is 0 Å². The van der Waals surface area contributed by atoms with E-state index in [1.54, 1.807) is 0 Å². The van der Waals surface area contributed by atoms with Crippen LogP contribution in [0.3, 0.4) is 0 Å². The molecule has 0 aliphatic heterocycles. The minimum absolute atomic E-state index is 1.05. The van der Waals surface area contributed by atoms with Gasteiger partial charge in [-0.1, -0.05) is 61.5 Å². The van der Waals surface area contributed by atoms with Gasteiger partial charge in [0.1, 0.15) is 13.1 Å². The van der Waals surface area contributed by atoms with Gasteiger partial charge in [-0.3, -0.25) is 0 Å². The molecule has 0 unspecified atom stereocenters. The van der Waals surface area contributed by atoms with E-state index in [0.29, 0.717) is 0 Å². The summed E-state index contributed by atoms with van der Waals surface area (Å²) >= 11 is 0. The highest BCUT2D eigenvalue weighted by molar-refractivity contribution is 5.21. The lowest BCUT2D eigenvalue weighted by Crippen LogP contribution is -2.80. The van der Waals surface area contributed by atoms with Crippen LogP contribution in [0, 0.1) is 0 Å². The average Bonchev–Trinajstić information content (AvgIpc) is 2.41. The van der Waals surface area contributed by atoms with Crippen molar-refractivity contribution in [3.05, 3.63) is 71.3 Å². The van der Waals surface area contributed by atoms with Crippen molar-refractivity contribution in [2.75, 3.05) is 0 Å². The quantitative estimate of drug-likeness (QED) is 0.807. The average molecular weight is 226 g/mol. The lowest BCUT2D eigenvalue weighted by atomic mass is 10.1. The molecule has 17 heavy (non-hydrogen) atoms. The highest BCUT2D eigenvalue weighted by Gasteiger charge is 1.97. The second kappa shape index (κ2) is 6.21. The molecule has 1 nitrogen and oxygen atoms in total. The summed E-state index contributed by atoms with van der Waals surface area (Å²) in [5.41, 5.74) is 4.20. The monoisotopic (exact) mass is 226 g/mol.